The molecule has 1 N–H and O–H groups in total. The van der Waals surface area contributed by atoms with Gasteiger partial charge in [0.25, 0.3) is 0 Å². The quantitative estimate of drug-likeness (QED) is 0.610. The van der Waals surface area contributed by atoms with Crippen LogP contribution in [0, 0.1) is 11.8 Å². The van der Waals surface area contributed by atoms with Crippen molar-refractivity contribution < 1.29 is 4.74 Å². The third kappa shape index (κ3) is 7.34. The van der Waals surface area contributed by atoms with Crippen LogP contribution in [-0.2, 0) is 4.74 Å². The van der Waals surface area contributed by atoms with E-state index in [9.17, 15) is 0 Å². The highest BCUT2D eigenvalue weighted by Crippen LogP contribution is 2.16. The molecule has 0 aromatic heterocycles. The number of hydrogen-bond acceptors (Lipinski definition) is 2. The lowest BCUT2D eigenvalue weighted by atomic mass is 9.91. The van der Waals surface area contributed by atoms with Gasteiger partial charge in [0.05, 0.1) is 0 Å². The second-order valence-corrected chi connectivity index (χ2v) is 4.65. The monoisotopic (exact) mass is 201 g/mol. The standard InChI is InChI=1S/C12H27NO/c1-10(2)13-9-12(4)11(3)7-6-8-14-5/h10-13H,6-9H2,1-5H3. The molecule has 2 heteroatoms. The highest BCUT2D eigenvalue weighted by molar-refractivity contribution is 4.66. The Balaban J connectivity index is 3.49. The summed E-state index contributed by atoms with van der Waals surface area (Å²) in [6, 6.07) is 0.601. The van der Waals surface area contributed by atoms with Gasteiger partial charge in [-0.3, -0.25) is 0 Å². The smallest absolute Gasteiger partial charge is 0.0462 e. The SMILES string of the molecule is COCCCC(C)C(C)CNC(C)C. The molecule has 0 aromatic carbocycles. The van der Waals surface area contributed by atoms with Crippen LogP contribution in [0.25, 0.3) is 0 Å². The summed E-state index contributed by atoms with van der Waals surface area (Å²) in [6.07, 6.45) is 2.46. The predicted octanol–water partition coefficient (Wildman–Crippen LogP) is 2.68. The van der Waals surface area contributed by atoms with E-state index >= 15 is 0 Å². The Bertz CT molecular complexity index is 125. The van der Waals surface area contributed by atoms with Gasteiger partial charge in [-0.1, -0.05) is 27.7 Å². The summed E-state index contributed by atoms with van der Waals surface area (Å²) in [4.78, 5) is 0. The van der Waals surface area contributed by atoms with E-state index in [4.69, 9.17) is 4.74 Å². The van der Waals surface area contributed by atoms with Crippen LogP contribution in [0.1, 0.15) is 40.5 Å². The van der Waals surface area contributed by atoms with Crippen molar-refractivity contribution in [3.05, 3.63) is 0 Å². The fraction of sp³-hybridized carbons (Fsp3) is 1.00. The summed E-state index contributed by atoms with van der Waals surface area (Å²) < 4.78 is 5.05. The van der Waals surface area contributed by atoms with Crippen LogP contribution in [0.3, 0.4) is 0 Å². The number of nitrogens with one attached hydrogen (secondary N) is 1. The van der Waals surface area contributed by atoms with Crippen molar-refractivity contribution >= 4 is 0 Å². The minimum absolute atomic E-state index is 0.601. The molecule has 0 bridgehead atoms. The zero-order chi connectivity index (χ0) is 11.0. The molecular weight excluding hydrogens is 174 g/mol. The molecule has 0 amide bonds. The van der Waals surface area contributed by atoms with Crippen LogP contribution in [0.15, 0.2) is 0 Å². The molecule has 0 saturated carbocycles. The predicted molar refractivity (Wildman–Crippen MR) is 62.6 cm³/mol. The molecule has 0 radical (unpaired) electrons. The third-order valence-corrected chi connectivity index (χ3v) is 2.83. The van der Waals surface area contributed by atoms with Crippen molar-refractivity contribution in [2.75, 3.05) is 20.3 Å². The Kier molecular flexibility index (Phi) is 8.20. The first kappa shape index (κ1) is 13.9. The van der Waals surface area contributed by atoms with Crippen molar-refractivity contribution in [3.8, 4) is 0 Å². The van der Waals surface area contributed by atoms with Gasteiger partial charge in [0.1, 0.15) is 0 Å². The summed E-state index contributed by atoms with van der Waals surface area (Å²) >= 11 is 0. The van der Waals surface area contributed by atoms with Crippen molar-refractivity contribution in [3.63, 3.8) is 0 Å². The summed E-state index contributed by atoms with van der Waals surface area (Å²) in [6.45, 7) is 11.1. The topological polar surface area (TPSA) is 21.3 Å². The van der Waals surface area contributed by atoms with Crippen LogP contribution < -0.4 is 5.32 Å². The molecule has 86 valence electrons. The Morgan fingerprint density at radius 3 is 2.21 bits per heavy atom. The van der Waals surface area contributed by atoms with Crippen LogP contribution in [-0.4, -0.2) is 26.3 Å². The van der Waals surface area contributed by atoms with Gasteiger partial charge in [0, 0.05) is 19.8 Å². The van der Waals surface area contributed by atoms with Gasteiger partial charge in [-0.05, 0) is 31.2 Å². The molecule has 0 aromatic rings. The lowest BCUT2D eigenvalue weighted by molar-refractivity contribution is 0.182. The molecule has 2 nitrogen and oxygen atoms in total. The number of methoxy groups -OCH3 is 1. The number of hydrogen-bond donors (Lipinski definition) is 1. The highest BCUT2D eigenvalue weighted by atomic mass is 16.5. The first-order chi connectivity index (χ1) is 6.57. The minimum Gasteiger partial charge on any atom is -0.385 e. The van der Waals surface area contributed by atoms with E-state index in [2.05, 4.69) is 33.0 Å². The zero-order valence-corrected chi connectivity index (χ0v) is 10.5. The van der Waals surface area contributed by atoms with E-state index in [0.717, 1.165) is 25.0 Å². The summed E-state index contributed by atoms with van der Waals surface area (Å²) in [5.41, 5.74) is 0. The van der Waals surface area contributed by atoms with Gasteiger partial charge >= 0.3 is 0 Å². The Hall–Kier alpha value is -0.0800. The van der Waals surface area contributed by atoms with Gasteiger partial charge < -0.3 is 10.1 Å². The van der Waals surface area contributed by atoms with Crippen molar-refractivity contribution in [1.29, 1.82) is 0 Å². The maximum absolute atomic E-state index is 5.05. The molecule has 0 rings (SSSR count). The molecule has 0 fully saturated rings. The van der Waals surface area contributed by atoms with Crippen LogP contribution in [0.5, 0.6) is 0 Å². The van der Waals surface area contributed by atoms with Gasteiger partial charge in [-0.2, -0.15) is 0 Å². The Labute approximate surface area is 89.4 Å². The number of rotatable bonds is 8. The third-order valence-electron chi connectivity index (χ3n) is 2.83. The molecule has 0 aliphatic heterocycles. The van der Waals surface area contributed by atoms with Crippen LogP contribution in [0.4, 0.5) is 0 Å². The maximum atomic E-state index is 5.05. The first-order valence-electron chi connectivity index (χ1n) is 5.80. The molecule has 0 spiro atoms. The largest absolute Gasteiger partial charge is 0.385 e. The first-order valence-corrected chi connectivity index (χ1v) is 5.80. The van der Waals surface area contributed by atoms with Crippen molar-refractivity contribution in [2.45, 2.75) is 46.6 Å². The van der Waals surface area contributed by atoms with E-state index in [-0.39, 0.29) is 0 Å². The molecule has 14 heavy (non-hydrogen) atoms. The maximum Gasteiger partial charge on any atom is 0.0462 e. The second kappa shape index (κ2) is 8.25. The van der Waals surface area contributed by atoms with E-state index in [1.165, 1.54) is 12.8 Å². The average molecular weight is 201 g/mol. The fourth-order valence-electron chi connectivity index (χ4n) is 1.46. The molecule has 0 saturated heterocycles. The van der Waals surface area contributed by atoms with E-state index in [0.29, 0.717) is 6.04 Å². The molecule has 2 unspecified atom stereocenters. The summed E-state index contributed by atoms with van der Waals surface area (Å²) in [5.74, 6) is 1.55. The lowest BCUT2D eigenvalue weighted by Crippen LogP contribution is -2.30. The van der Waals surface area contributed by atoms with Crippen molar-refractivity contribution in [2.24, 2.45) is 11.8 Å². The molecule has 0 aliphatic carbocycles. The van der Waals surface area contributed by atoms with Crippen LogP contribution in [0.2, 0.25) is 0 Å². The normalized spacial score (nSPS) is 15.9. The van der Waals surface area contributed by atoms with Gasteiger partial charge in [-0.25, -0.2) is 0 Å². The minimum atomic E-state index is 0.601. The Morgan fingerprint density at radius 1 is 1.07 bits per heavy atom. The van der Waals surface area contributed by atoms with Gasteiger partial charge in [0.15, 0.2) is 0 Å². The van der Waals surface area contributed by atoms with E-state index < -0.39 is 0 Å². The average Bonchev–Trinajstić information content (AvgIpc) is 2.14. The number of ether oxygens (including phenoxy) is 1. The van der Waals surface area contributed by atoms with Crippen LogP contribution >= 0.6 is 0 Å². The fourth-order valence-corrected chi connectivity index (χ4v) is 1.46. The van der Waals surface area contributed by atoms with Gasteiger partial charge in [-0.15, -0.1) is 0 Å². The Morgan fingerprint density at radius 2 is 1.71 bits per heavy atom. The second-order valence-electron chi connectivity index (χ2n) is 4.65. The lowest BCUT2D eigenvalue weighted by Gasteiger charge is -2.21. The zero-order valence-electron chi connectivity index (χ0n) is 10.5. The van der Waals surface area contributed by atoms with Gasteiger partial charge in [0.2, 0.25) is 0 Å². The molecule has 0 aliphatic rings. The molecular formula is C12H27NO. The molecule has 0 heterocycles. The highest BCUT2D eigenvalue weighted by Gasteiger charge is 2.11. The molecule has 2 atom stereocenters. The van der Waals surface area contributed by atoms with E-state index in [1.54, 1.807) is 7.11 Å². The summed E-state index contributed by atoms with van der Waals surface area (Å²) in [5, 5.41) is 3.49. The summed E-state index contributed by atoms with van der Waals surface area (Å²) in [7, 11) is 1.77. The van der Waals surface area contributed by atoms with Crippen molar-refractivity contribution in [1.82, 2.24) is 5.32 Å². The van der Waals surface area contributed by atoms with E-state index in [1.807, 2.05) is 0 Å².